The van der Waals surface area contributed by atoms with Gasteiger partial charge in [0.15, 0.2) is 0 Å². The molecule has 0 aromatic carbocycles. The molecule has 2 atom stereocenters. The fourth-order valence-corrected chi connectivity index (χ4v) is 3.85. The molecule has 0 spiro atoms. The van der Waals surface area contributed by atoms with E-state index in [9.17, 15) is 19.8 Å². The average molecular weight is 461 g/mol. The Hall–Kier alpha value is -0.993. The van der Waals surface area contributed by atoms with Gasteiger partial charge in [-0.1, -0.05) is 85.0 Å². The second kappa shape index (κ2) is 24.1. The van der Waals surface area contributed by atoms with E-state index in [-0.39, 0.29) is 36.6 Å². The zero-order valence-corrected chi connectivity index (χ0v) is 22.0. The molecule has 188 valence electrons. The van der Waals surface area contributed by atoms with Crippen LogP contribution in [0.4, 0.5) is 0 Å². The number of unbranched alkanes of at least 4 members (excludes halogenated alkanes) is 10. The number of aliphatic carboxylic acids is 1. The third-order valence-electron chi connectivity index (χ3n) is 6.07. The van der Waals surface area contributed by atoms with Crippen LogP contribution in [0.2, 0.25) is 0 Å². The van der Waals surface area contributed by atoms with Crippen LogP contribution in [0.15, 0.2) is 4.99 Å². The average Bonchev–Trinajstić information content (AvgIpc) is 2.77. The second-order valence-corrected chi connectivity index (χ2v) is 9.00. The molecule has 1 unspecified atom stereocenters. The molecular formula is C26H49LiN2O4. The number of carbonyl (C=O) groups excluding carboxylic acids is 1. The van der Waals surface area contributed by atoms with E-state index in [0.717, 1.165) is 38.5 Å². The minimum atomic E-state index is -0.998. The minimum Gasteiger partial charge on any atom is -0.862 e. The standard InChI is InChI=1S/C26H50N2O4.Li/c1-4-7-9-10-11-12-13-14-15-20-24(29)27-21-17-16-19-23(26(31)32)28-25(30)22(6-3)18-8-5-2;/h22-23H,4-21H2,1-3H3,(H,27,29)(H,28,30)(H,31,32);/q;+1/p-1/t22?,23-;/m0./s1. The summed E-state index contributed by atoms with van der Waals surface area (Å²) >= 11 is 0. The van der Waals surface area contributed by atoms with Crippen LogP contribution >= 0.6 is 0 Å². The molecule has 2 N–H and O–H groups in total. The molecule has 0 aliphatic rings. The molecule has 0 fully saturated rings. The molecule has 1 amide bonds. The maximum Gasteiger partial charge on any atom is 1.00 e. The molecule has 0 aromatic heterocycles. The van der Waals surface area contributed by atoms with Crippen LogP contribution in [-0.4, -0.2) is 35.5 Å². The fourth-order valence-electron chi connectivity index (χ4n) is 3.85. The Morgan fingerprint density at radius 2 is 1.39 bits per heavy atom. The Morgan fingerprint density at radius 3 is 1.94 bits per heavy atom. The van der Waals surface area contributed by atoms with Gasteiger partial charge in [-0.25, -0.2) is 4.79 Å². The van der Waals surface area contributed by atoms with Crippen LogP contribution in [0.25, 0.3) is 0 Å². The first-order valence-corrected chi connectivity index (χ1v) is 13.2. The summed E-state index contributed by atoms with van der Waals surface area (Å²) in [5, 5.41) is 24.0. The summed E-state index contributed by atoms with van der Waals surface area (Å²) in [4.78, 5) is 28.0. The van der Waals surface area contributed by atoms with Crippen molar-refractivity contribution in [3.8, 4) is 0 Å². The predicted molar refractivity (Wildman–Crippen MR) is 131 cm³/mol. The Morgan fingerprint density at radius 1 is 0.818 bits per heavy atom. The number of nitrogens with one attached hydrogen (secondary N) is 1. The molecule has 6 nitrogen and oxygen atoms in total. The van der Waals surface area contributed by atoms with Crippen molar-refractivity contribution in [1.82, 2.24) is 5.32 Å². The van der Waals surface area contributed by atoms with E-state index in [1.54, 1.807) is 0 Å². The molecule has 0 saturated heterocycles. The maximum atomic E-state index is 12.4. The number of hydrogen-bond acceptors (Lipinski definition) is 4. The summed E-state index contributed by atoms with van der Waals surface area (Å²) in [6, 6.07) is -0.865. The second-order valence-electron chi connectivity index (χ2n) is 9.00. The van der Waals surface area contributed by atoms with E-state index >= 15 is 0 Å². The van der Waals surface area contributed by atoms with Gasteiger partial charge in [0.2, 0.25) is 5.91 Å². The number of aliphatic imine (C=N–C) groups is 1. The summed E-state index contributed by atoms with van der Waals surface area (Å²) < 4.78 is 0. The van der Waals surface area contributed by atoms with Crippen LogP contribution in [0.1, 0.15) is 130 Å². The molecule has 0 radical (unpaired) electrons. The van der Waals surface area contributed by atoms with Gasteiger partial charge in [-0.15, -0.1) is 0 Å². The third-order valence-corrected chi connectivity index (χ3v) is 6.07. The number of carboxylic acids is 1. The van der Waals surface area contributed by atoms with Crippen molar-refractivity contribution in [3.63, 3.8) is 0 Å². The Kier molecular flexibility index (Phi) is 25.0. The molecule has 0 aromatic rings. The summed E-state index contributed by atoms with van der Waals surface area (Å²) in [6.07, 6.45) is 16.7. The molecular weight excluding hydrogens is 411 g/mol. The van der Waals surface area contributed by atoms with E-state index < -0.39 is 12.0 Å². The van der Waals surface area contributed by atoms with Crippen molar-refractivity contribution < 1.29 is 38.7 Å². The van der Waals surface area contributed by atoms with Gasteiger partial charge in [0.25, 0.3) is 0 Å². The molecule has 33 heavy (non-hydrogen) atoms. The quantitative estimate of drug-likeness (QED) is 0.112. The van der Waals surface area contributed by atoms with Crippen LogP contribution in [0, 0.1) is 5.92 Å². The maximum absolute atomic E-state index is 12.4. The van der Waals surface area contributed by atoms with E-state index in [1.165, 1.54) is 44.9 Å². The first-order valence-electron chi connectivity index (χ1n) is 13.2. The van der Waals surface area contributed by atoms with E-state index in [2.05, 4.69) is 24.2 Å². The first-order chi connectivity index (χ1) is 15.5. The van der Waals surface area contributed by atoms with Crippen molar-refractivity contribution >= 4 is 17.8 Å². The van der Waals surface area contributed by atoms with Crippen LogP contribution < -0.4 is 29.3 Å². The van der Waals surface area contributed by atoms with Gasteiger partial charge in [-0.3, -0.25) is 4.79 Å². The van der Waals surface area contributed by atoms with Crippen molar-refractivity contribution in [2.24, 2.45) is 10.9 Å². The van der Waals surface area contributed by atoms with Gasteiger partial charge in [-0.2, -0.15) is 0 Å². The minimum absolute atomic E-state index is 0. The number of carboxylic acid groups (broad SMARTS) is 1. The van der Waals surface area contributed by atoms with E-state index in [0.29, 0.717) is 32.2 Å². The summed E-state index contributed by atoms with van der Waals surface area (Å²) in [5.41, 5.74) is 0. The molecule has 0 aliphatic carbocycles. The van der Waals surface area contributed by atoms with E-state index in [4.69, 9.17) is 0 Å². The third kappa shape index (κ3) is 20.1. The number of carbonyl (C=O) groups is 2. The molecule has 0 aliphatic heterocycles. The van der Waals surface area contributed by atoms with Crippen molar-refractivity contribution in [2.45, 2.75) is 136 Å². The SMILES string of the molecule is CCCCCCCCCCCC([O-])=NCCCC[C@H](NC(=O)C(CC)CCCC)C(=O)O.[Li+]. The number of amides is 1. The topological polar surface area (TPSA) is 102 Å². The number of rotatable bonds is 22. The summed E-state index contributed by atoms with van der Waals surface area (Å²) in [7, 11) is 0. The van der Waals surface area contributed by atoms with Gasteiger partial charge in [0, 0.05) is 12.5 Å². The largest absolute Gasteiger partial charge is 1.00 e. The van der Waals surface area contributed by atoms with Crippen molar-refractivity contribution in [2.75, 3.05) is 6.54 Å². The molecule has 0 saturated carbocycles. The summed E-state index contributed by atoms with van der Waals surface area (Å²) in [6.45, 7) is 6.70. The molecule has 0 bridgehead atoms. The zero-order chi connectivity index (χ0) is 24.0. The number of hydrogen-bond donors (Lipinski definition) is 2. The normalized spacial score (nSPS) is 13.2. The monoisotopic (exact) mass is 460 g/mol. The molecule has 0 rings (SSSR count). The van der Waals surface area contributed by atoms with E-state index in [1.807, 2.05) is 6.92 Å². The smallest absolute Gasteiger partial charge is 0.862 e. The fraction of sp³-hybridized carbons (Fsp3) is 0.885. The van der Waals surface area contributed by atoms with Crippen molar-refractivity contribution in [1.29, 1.82) is 0 Å². The van der Waals surface area contributed by atoms with Gasteiger partial charge in [0.05, 0.1) is 0 Å². The van der Waals surface area contributed by atoms with Crippen LogP contribution in [-0.2, 0) is 9.59 Å². The Balaban J connectivity index is 0. The predicted octanol–water partition coefficient (Wildman–Crippen LogP) is 2.63. The Labute approximate surface area is 215 Å². The molecule has 7 heteroatoms. The molecule has 0 heterocycles. The van der Waals surface area contributed by atoms with Gasteiger partial charge >= 0.3 is 24.8 Å². The number of nitrogens with zero attached hydrogens (tertiary/aromatic N) is 1. The Bertz CT molecular complexity index is 515. The van der Waals surface area contributed by atoms with Gasteiger partial charge < -0.3 is 20.5 Å². The van der Waals surface area contributed by atoms with Crippen LogP contribution in [0.5, 0.6) is 0 Å². The van der Waals surface area contributed by atoms with Crippen LogP contribution in [0.3, 0.4) is 0 Å². The van der Waals surface area contributed by atoms with Gasteiger partial charge in [-0.05, 0) is 50.8 Å². The van der Waals surface area contributed by atoms with Crippen molar-refractivity contribution in [3.05, 3.63) is 0 Å². The summed E-state index contributed by atoms with van der Waals surface area (Å²) in [5.74, 6) is -1.32. The zero-order valence-electron chi connectivity index (χ0n) is 22.0. The van der Waals surface area contributed by atoms with Gasteiger partial charge in [0.1, 0.15) is 6.04 Å². The first kappa shape index (κ1) is 34.2.